The van der Waals surface area contributed by atoms with Crippen LogP contribution in [0.4, 0.5) is 0 Å². The topological polar surface area (TPSA) is 123 Å². The summed E-state index contributed by atoms with van der Waals surface area (Å²) in [6.45, 7) is 16.5. The minimum Gasteiger partial charge on any atom is -0.456 e. The molecule has 0 amide bonds. The van der Waals surface area contributed by atoms with Crippen molar-refractivity contribution in [2.75, 3.05) is 26.4 Å². The van der Waals surface area contributed by atoms with Crippen molar-refractivity contribution < 1.29 is 39.1 Å². The third-order valence-corrected chi connectivity index (χ3v) is 6.19. The summed E-state index contributed by atoms with van der Waals surface area (Å²) in [6, 6.07) is 11.5. The summed E-state index contributed by atoms with van der Waals surface area (Å²) >= 11 is 3.38. The summed E-state index contributed by atoms with van der Waals surface area (Å²) in [4.78, 5) is 24.3. The summed E-state index contributed by atoms with van der Waals surface area (Å²) in [5.74, 6) is -0.561. The number of benzene rings is 2. The SMILES string of the molecule is Cc1cccc(CBr)c1C(=O)OC(C)(C)C.Cc1cccc(COCCCCO)c1C(=O)OC(C)(C)C.OCCCCO. The van der Waals surface area contributed by atoms with E-state index >= 15 is 0 Å². The third kappa shape index (κ3) is 18.2. The van der Waals surface area contributed by atoms with Gasteiger partial charge in [0, 0.05) is 31.8 Å². The second kappa shape index (κ2) is 21.4. The quantitative estimate of drug-likeness (QED) is 0.128. The van der Waals surface area contributed by atoms with Gasteiger partial charge in [-0.25, -0.2) is 9.59 Å². The van der Waals surface area contributed by atoms with Gasteiger partial charge in [-0.15, -0.1) is 0 Å². The molecule has 2 aromatic carbocycles. The van der Waals surface area contributed by atoms with Gasteiger partial charge in [-0.1, -0.05) is 52.3 Å². The van der Waals surface area contributed by atoms with Gasteiger partial charge in [0.05, 0.1) is 17.7 Å². The van der Waals surface area contributed by atoms with E-state index in [0.717, 1.165) is 47.9 Å². The fourth-order valence-corrected chi connectivity index (χ4v) is 4.12. The molecule has 9 heteroatoms. The van der Waals surface area contributed by atoms with E-state index in [9.17, 15) is 9.59 Å². The molecule has 0 aliphatic carbocycles. The van der Waals surface area contributed by atoms with Crippen molar-refractivity contribution in [2.24, 2.45) is 0 Å². The van der Waals surface area contributed by atoms with Gasteiger partial charge in [0.2, 0.25) is 0 Å². The van der Waals surface area contributed by atoms with E-state index in [-0.39, 0.29) is 31.8 Å². The van der Waals surface area contributed by atoms with Gasteiger partial charge >= 0.3 is 11.9 Å². The molecule has 0 radical (unpaired) electrons. The zero-order valence-corrected chi connectivity index (χ0v) is 28.9. The number of aliphatic hydroxyl groups excluding tert-OH is 3. The first kappa shape index (κ1) is 40.7. The summed E-state index contributed by atoms with van der Waals surface area (Å²) in [7, 11) is 0. The molecule has 2 aromatic rings. The minimum absolute atomic E-state index is 0.178. The fourth-order valence-electron chi connectivity index (χ4n) is 3.65. The molecule has 0 atom stereocenters. The lowest BCUT2D eigenvalue weighted by atomic mass is 10.0. The van der Waals surface area contributed by atoms with Crippen LogP contribution in [0.5, 0.6) is 0 Å². The van der Waals surface area contributed by atoms with Crippen LogP contribution in [-0.2, 0) is 26.1 Å². The van der Waals surface area contributed by atoms with Crippen molar-refractivity contribution in [3.8, 4) is 0 Å². The molecule has 244 valence electrons. The van der Waals surface area contributed by atoms with Crippen LogP contribution in [-0.4, -0.2) is 64.9 Å². The Morgan fingerprint density at radius 1 is 0.674 bits per heavy atom. The van der Waals surface area contributed by atoms with E-state index < -0.39 is 11.2 Å². The third-order valence-electron chi connectivity index (χ3n) is 5.59. The Labute approximate surface area is 266 Å². The van der Waals surface area contributed by atoms with E-state index in [4.69, 9.17) is 29.5 Å². The van der Waals surface area contributed by atoms with E-state index in [1.165, 1.54) is 0 Å². The summed E-state index contributed by atoms with van der Waals surface area (Å²) < 4.78 is 16.4. The van der Waals surface area contributed by atoms with Crippen LogP contribution in [0.25, 0.3) is 0 Å². The van der Waals surface area contributed by atoms with E-state index in [1.54, 1.807) is 0 Å². The molecule has 0 fully saturated rings. The van der Waals surface area contributed by atoms with Crippen LogP contribution in [0.3, 0.4) is 0 Å². The van der Waals surface area contributed by atoms with Crippen LogP contribution in [0.15, 0.2) is 36.4 Å². The monoisotopic (exact) mass is 668 g/mol. The highest BCUT2D eigenvalue weighted by molar-refractivity contribution is 9.08. The average Bonchev–Trinajstić information content (AvgIpc) is 2.90. The molecule has 0 saturated carbocycles. The maximum absolute atomic E-state index is 12.3. The zero-order valence-electron chi connectivity index (χ0n) is 27.3. The average molecular weight is 670 g/mol. The lowest BCUT2D eigenvalue weighted by Crippen LogP contribution is -2.25. The molecule has 0 saturated heterocycles. The van der Waals surface area contributed by atoms with Crippen molar-refractivity contribution >= 4 is 27.9 Å². The first-order chi connectivity index (χ1) is 20.1. The molecule has 0 unspecified atom stereocenters. The number of hydrogen-bond donors (Lipinski definition) is 3. The number of carbonyl (C=O) groups excluding carboxylic acids is 2. The van der Waals surface area contributed by atoms with Crippen molar-refractivity contribution in [3.05, 3.63) is 69.8 Å². The molecule has 3 N–H and O–H groups in total. The first-order valence-corrected chi connectivity index (χ1v) is 15.8. The number of unbranched alkanes of at least 4 members (excludes halogenated alkanes) is 2. The van der Waals surface area contributed by atoms with Crippen LogP contribution >= 0.6 is 15.9 Å². The fraction of sp³-hybridized carbons (Fsp3) is 0.588. The van der Waals surface area contributed by atoms with Crippen molar-refractivity contribution in [3.63, 3.8) is 0 Å². The highest BCUT2D eigenvalue weighted by Gasteiger charge is 2.22. The smallest absolute Gasteiger partial charge is 0.339 e. The van der Waals surface area contributed by atoms with Gasteiger partial charge in [0.1, 0.15) is 11.2 Å². The number of alkyl halides is 1. The molecular formula is C34H53BrO8. The minimum atomic E-state index is -0.515. The van der Waals surface area contributed by atoms with Gasteiger partial charge in [-0.3, -0.25) is 0 Å². The first-order valence-electron chi connectivity index (χ1n) is 14.7. The molecule has 0 aromatic heterocycles. The second-order valence-corrected chi connectivity index (χ2v) is 12.6. The van der Waals surface area contributed by atoms with Crippen LogP contribution in [0, 0.1) is 13.8 Å². The van der Waals surface area contributed by atoms with Gasteiger partial charge in [-0.2, -0.15) is 0 Å². The molecule has 43 heavy (non-hydrogen) atoms. The summed E-state index contributed by atoms with van der Waals surface area (Å²) in [6.07, 6.45) is 2.98. The van der Waals surface area contributed by atoms with Crippen LogP contribution in [0.2, 0.25) is 0 Å². The van der Waals surface area contributed by atoms with E-state index in [2.05, 4.69) is 15.9 Å². The molecular weight excluding hydrogens is 616 g/mol. The Morgan fingerprint density at radius 2 is 1.07 bits per heavy atom. The molecule has 2 rings (SSSR count). The van der Waals surface area contributed by atoms with Crippen LogP contribution in [0.1, 0.15) is 110 Å². The number of hydrogen-bond acceptors (Lipinski definition) is 8. The highest BCUT2D eigenvalue weighted by atomic mass is 79.9. The Bertz CT molecular complexity index is 1080. The van der Waals surface area contributed by atoms with Crippen molar-refractivity contribution in [1.29, 1.82) is 0 Å². The zero-order chi connectivity index (χ0) is 33.1. The Hall–Kier alpha value is -2.30. The molecule has 0 aliphatic rings. The maximum Gasteiger partial charge on any atom is 0.339 e. The Balaban J connectivity index is 0.000000707. The van der Waals surface area contributed by atoms with Crippen molar-refractivity contribution in [1.82, 2.24) is 0 Å². The standard InChI is InChI=1S/C17H26O4.C13H17BrO2.C4H10O2/c1-13-8-7-9-14(12-20-11-6-5-10-18)15(13)16(19)21-17(2,3)4;1-9-6-5-7-10(8-14)11(9)12(15)16-13(2,3)4;5-3-1-2-4-6/h7-9,18H,5-6,10-12H2,1-4H3;5-7H,8H2,1-4H3;5-6H,1-4H2. The number of rotatable bonds is 12. The van der Waals surface area contributed by atoms with Crippen LogP contribution < -0.4 is 0 Å². The summed E-state index contributed by atoms with van der Waals surface area (Å²) in [5, 5.41) is 25.6. The number of ether oxygens (including phenoxy) is 3. The lowest BCUT2D eigenvalue weighted by Gasteiger charge is -2.21. The molecule has 8 nitrogen and oxygen atoms in total. The highest BCUT2D eigenvalue weighted by Crippen LogP contribution is 2.22. The van der Waals surface area contributed by atoms with E-state index in [0.29, 0.717) is 29.7 Å². The number of carbonyl (C=O) groups is 2. The Kier molecular flexibility index (Phi) is 20.3. The molecule has 0 aliphatic heterocycles. The second-order valence-electron chi connectivity index (χ2n) is 12.0. The predicted molar refractivity (Wildman–Crippen MR) is 175 cm³/mol. The number of halogens is 1. The number of esters is 2. The maximum atomic E-state index is 12.3. The molecule has 0 spiro atoms. The normalized spacial score (nSPS) is 11.1. The number of aryl methyl sites for hydroxylation is 2. The van der Waals surface area contributed by atoms with Gasteiger partial charge in [0.15, 0.2) is 0 Å². The van der Waals surface area contributed by atoms with Crippen molar-refractivity contribution in [2.45, 2.75) is 104 Å². The predicted octanol–water partition coefficient (Wildman–Crippen LogP) is 6.84. The lowest BCUT2D eigenvalue weighted by molar-refractivity contribution is 0.00530. The Morgan fingerprint density at radius 3 is 1.47 bits per heavy atom. The van der Waals surface area contributed by atoms with Gasteiger partial charge in [-0.05, 0) is 103 Å². The van der Waals surface area contributed by atoms with Gasteiger partial charge in [0.25, 0.3) is 0 Å². The van der Waals surface area contributed by atoms with E-state index in [1.807, 2.05) is 91.8 Å². The summed E-state index contributed by atoms with van der Waals surface area (Å²) in [5.41, 5.74) is 3.94. The molecule has 0 bridgehead atoms. The largest absolute Gasteiger partial charge is 0.456 e. The van der Waals surface area contributed by atoms with Gasteiger partial charge < -0.3 is 29.5 Å². The molecule has 0 heterocycles. The number of aliphatic hydroxyl groups is 3.